The van der Waals surface area contributed by atoms with Gasteiger partial charge in [-0.25, -0.2) is 4.79 Å². The van der Waals surface area contributed by atoms with Gasteiger partial charge in [0.15, 0.2) is 0 Å². The van der Waals surface area contributed by atoms with Gasteiger partial charge in [-0.2, -0.15) is 0 Å². The zero-order valence-electron chi connectivity index (χ0n) is 15.8. The van der Waals surface area contributed by atoms with Crippen molar-refractivity contribution in [1.82, 2.24) is 0 Å². The SMILES string of the molecule is Cc1cc(C)c(C(=O)OC(c2ccccc2)C(Cl)c2ccccc2)c(C)c1. The Bertz CT molecular complexity index is 897. The van der Waals surface area contributed by atoms with Crippen LogP contribution in [0, 0.1) is 20.8 Å². The summed E-state index contributed by atoms with van der Waals surface area (Å²) in [6.45, 7) is 5.89. The van der Waals surface area contributed by atoms with Gasteiger partial charge >= 0.3 is 5.97 Å². The second kappa shape index (κ2) is 8.41. The summed E-state index contributed by atoms with van der Waals surface area (Å²) in [5, 5.41) is -0.483. The van der Waals surface area contributed by atoms with E-state index in [1.165, 1.54) is 0 Å². The number of carbonyl (C=O) groups excluding carboxylic acids is 1. The molecule has 0 spiro atoms. The highest BCUT2D eigenvalue weighted by atomic mass is 35.5. The molecule has 138 valence electrons. The summed E-state index contributed by atoms with van der Waals surface area (Å²) in [4.78, 5) is 13.0. The maximum Gasteiger partial charge on any atom is 0.339 e. The van der Waals surface area contributed by atoms with Crippen LogP contribution < -0.4 is 0 Å². The van der Waals surface area contributed by atoms with Gasteiger partial charge in [0, 0.05) is 0 Å². The van der Waals surface area contributed by atoms with E-state index in [1.54, 1.807) is 0 Å². The Kier molecular flexibility index (Phi) is 5.98. The highest BCUT2D eigenvalue weighted by Gasteiger charge is 2.28. The van der Waals surface area contributed by atoms with E-state index in [2.05, 4.69) is 0 Å². The largest absolute Gasteiger partial charge is 0.452 e. The first-order valence-corrected chi connectivity index (χ1v) is 9.44. The molecule has 0 radical (unpaired) electrons. The average Bonchev–Trinajstić information content (AvgIpc) is 2.66. The van der Waals surface area contributed by atoms with Crippen molar-refractivity contribution in [1.29, 1.82) is 0 Å². The normalized spacial score (nSPS) is 13.0. The maximum atomic E-state index is 13.0. The average molecular weight is 379 g/mol. The van der Waals surface area contributed by atoms with Gasteiger partial charge in [-0.1, -0.05) is 78.4 Å². The quantitative estimate of drug-likeness (QED) is 0.374. The van der Waals surface area contributed by atoms with Crippen molar-refractivity contribution in [2.24, 2.45) is 0 Å². The Hall–Kier alpha value is -2.58. The third-order valence-corrected chi connectivity index (χ3v) is 5.11. The third kappa shape index (κ3) is 4.40. The number of alkyl halides is 1. The Labute approximate surface area is 165 Å². The molecule has 2 atom stereocenters. The molecule has 0 fully saturated rings. The highest BCUT2D eigenvalue weighted by Crippen LogP contribution is 2.38. The number of hydrogen-bond donors (Lipinski definition) is 0. The lowest BCUT2D eigenvalue weighted by Crippen LogP contribution is -2.18. The number of ether oxygens (including phenoxy) is 1. The molecule has 3 aromatic carbocycles. The minimum atomic E-state index is -0.581. The molecule has 2 unspecified atom stereocenters. The second-order valence-electron chi connectivity index (χ2n) is 6.82. The summed E-state index contributed by atoms with van der Waals surface area (Å²) in [6, 6.07) is 23.3. The van der Waals surface area contributed by atoms with Crippen LogP contribution in [0.1, 0.15) is 49.7 Å². The van der Waals surface area contributed by atoms with Crippen LogP contribution in [0.3, 0.4) is 0 Å². The van der Waals surface area contributed by atoms with Gasteiger partial charge in [-0.3, -0.25) is 0 Å². The Morgan fingerprint density at radius 1 is 0.815 bits per heavy atom. The monoisotopic (exact) mass is 378 g/mol. The predicted molar refractivity (Wildman–Crippen MR) is 110 cm³/mol. The lowest BCUT2D eigenvalue weighted by Gasteiger charge is -2.24. The van der Waals surface area contributed by atoms with E-state index in [9.17, 15) is 4.79 Å². The van der Waals surface area contributed by atoms with Gasteiger partial charge in [0.1, 0.15) is 6.10 Å². The summed E-state index contributed by atoms with van der Waals surface area (Å²) >= 11 is 6.77. The lowest BCUT2D eigenvalue weighted by molar-refractivity contribution is 0.0283. The number of aryl methyl sites for hydroxylation is 3. The molecule has 3 rings (SSSR count). The Balaban J connectivity index is 1.96. The van der Waals surface area contributed by atoms with Crippen molar-refractivity contribution in [3.05, 3.63) is 106 Å². The minimum absolute atomic E-state index is 0.347. The van der Waals surface area contributed by atoms with Crippen LogP contribution in [0.5, 0.6) is 0 Å². The topological polar surface area (TPSA) is 26.3 Å². The lowest BCUT2D eigenvalue weighted by atomic mass is 9.98. The van der Waals surface area contributed by atoms with E-state index in [-0.39, 0.29) is 5.97 Å². The number of benzene rings is 3. The van der Waals surface area contributed by atoms with E-state index in [4.69, 9.17) is 16.3 Å². The van der Waals surface area contributed by atoms with E-state index in [0.717, 1.165) is 27.8 Å². The van der Waals surface area contributed by atoms with Gasteiger partial charge in [0.05, 0.1) is 10.9 Å². The first-order chi connectivity index (χ1) is 13.0. The van der Waals surface area contributed by atoms with Crippen molar-refractivity contribution in [2.75, 3.05) is 0 Å². The zero-order chi connectivity index (χ0) is 19.4. The summed E-state index contributed by atoms with van der Waals surface area (Å²) in [7, 11) is 0. The number of carbonyl (C=O) groups is 1. The molecule has 27 heavy (non-hydrogen) atoms. The van der Waals surface area contributed by atoms with E-state index in [0.29, 0.717) is 5.56 Å². The number of halogens is 1. The molecule has 0 heterocycles. The van der Waals surface area contributed by atoms with E-state index in [1.807, 2.05) is 93.6 Å². The van der Waals surface area contributed by atoms with Gasteiger partial charge in [0.2, 0.25) is 0 Å². The number of esters is 1. The third-order valence-electron chi connectivity index (χ3n) is 4.63. The first-order valence-electron chi connectivity index (χ1n) is 9.00. The van der Waals surface area contributed by atoms with Crippen molar-refractivity contribution >= 4 is 17.6 Å². The predicted octanol–water partition coefficient (Wildman–Crippen LogP) is 6.49. The summed E-state index contributed by atoms with van der Waals surface area (Å²) in [6.07, 6.45) is -0.581. The van der Waals surface area contributed by atoms with Crippen LogP contribution in [0.25, 0.3) is 0 Å². The molecular formula is C24H23ClO2. The van der Waals surface area contributed by atoms with Crippen molar-refractivity contribution in [3.8, 4) is 0 Å². The van der Waals surface area contributed by atoms with Crippen LogP contribution in [0.15, 0.2) is 72.8 Å². The molecule has 0 bridgehead atoms. The summed E-state index contributed by atoms with van der Waals surface area (Å²) < 4.78 is 5.97. The second-order valence-corrected chi connectivity index (χ2v) is 7.29. The minimum Gasteiger partial charge on any atom is -0.452 e. The fourth-order valence-corrected chi connectivity index (χ4v) is 3.77. The summed E-state index contributed by atoms with van der Waals surface area (Å²) in [5.74, 6) is -0.347. The molecular weight excluding hydrogens is 356 g/mol. The Morgan fingerprint density at radius 2 is 1.30 bits per heavy atom. The smallest absolute Gasteiger partial charge is 0.339 e. The fraction of sp³-hybridized carbons (Fsp3) is 0.208. The van der Waals surface area contributed by atoms with Gasteiger partial charge in [-0.05, 0) is 43.0 Å². The molecule has 3 aromatic rings. The molecule has 3 heteroatoms. The van der Waals surface area contributed by atoms with Crippen LogP contribution in [-0.2, 0) is 4.74 Å². The standard InChI is InChI=1S/C24H23ClO2/c1-16-14-17(2)21(18(3)15-16)24(26)27-23(20-12-8-5-9-13-20)22(25)19-10-6-4-7-11-19/h4-15,22-23H,1-3H3. The van der Waals surface area contributed by atoms with Crippen LogP contribution in [0.2, 0.25) is 0 Å². The molecule has 0 N–H and O–H groups in total. The van der Waals surface area contributed by atoms with Crippen LogP contribution in [-0.4, -0.2) is 5.97 Å². The van der Waals surface area contributed by atoms with Gasteiger partial charge in [0.25, 0.3) is 0 Å². The van der Waals surface area contributed by atoms with E-state index >= 15 is 0 Å². The molecule has 0 aromatic heterocycles. The van der Waals surface area contributed by atoms with Gasteiger partial charge < -0.3 is 4.74 Å². The fourth-order valence-electron chi connectivity index (χ4n) is 3.43. The van der Waals surface area contributed by atoms with Crippen LogP contribution >= 0.6 is 11.6 Å². The maximum absolute atomic E-state index is 13.0. The highest BCUT2D eigenvalue weighted by molar-refractivity contribution is 6.21. The number of rotatable bonds is 5. The van der Waals surface area contributed by atoms with Gasteiger partial charge in [-0.15, -0.1) is 11.6 Å². The van der Waals surface area contributed by atoms with E-state index < -0.39 is 11.5 Å². The molecule has 0 saturated heterocycles. The Morgan fingerprint density at radius 3 is 1.81 bits per heavy atom. The van der Waals surface area contributed by atoms with Crippen molar-refractivity contribution in [3.63, 3.8) is 0 Å². The van der Waals surface area contributed by atoms with Crippen LogP contribution in [0.4, 0.5) is 0 Å². The molecule has 0 amide bonds. The van der Waals surface area contributed by atoms with Crippen molar-refractivity contribution < 1.29 is 9.53 Å². The zero-order valence-corrected chi connectivity index (χ0v) is 16.5. The summed E-state index contributed by atoms with van der Waals surface area (Å²) in [5.41, 5.74) is 5.35. The van der Waals surface area contributed by atoms with Crippen molar-refractivity contribution in [2.45, 2.75) is 32.3 Å². The molecule has 0 aliphatic rings. The molecule has 0 aliphatic heterocycles. The first kappa shape index (κ1) is 19.2. The number of hydrogen-bond acceptors (Lipinski definition) is 2. The molecule has 2 nitrogen and oxygen atoms in total. The molecule has 0 aliphatic carbocycles. The molecule has 0 saturated carbocycles.